The van der Waals surface area contributed by atoms with E-state index in [0.29, 0.717) is 93.3 Å². The maximum atomic E-state index is 11.9. The summed E-state index contributed by atoms with van der Waals surface area (Å²) in [7, 11) is 22.7. The Morgan fingerprint density at radius 2 is 0.598 bits per heavy atom. The summed E-state index contributed by atoms with van der Waals surface area (Å²) in [6.07, 6.45) is 1.70. The van der Waals surface area contributed by atoms with Gasteiger partial charge in [-0.25, -0.2) is 9.97 Å². The van der Waals surface area contributed by atoms with E-state index in [9.17, 15) is 20.1 Å². The van der Waals surface area contributed by atoms with Gasteiger partial charge < -0.3 is 103 Å². The highest BCUT2D eigenvalue weighted by atomic mass is 16.5. The first-order chi connectivity index (χ1) is 62.2. The Bertz CT molecular complexity index is 4160. The van der Waals surface area contributed by atoms with E-state index in [1.807, 2.05) is 62.7 Å². The zero-order valence-corrected chi connectivity index (χ0v) is 86.8. The molecule has 8 aliphatic rings. The van der Waals surface area contributed by atoms with Gasteiger partial charge in [0, 0.05) is 208 Å². The normalized spacial score (nSPS) is 20.5. The summed E-state index contributed by atoms with van der Waals surface area (Å²) in [5.74, 6) is 6.25. The van der Waals surface area contributed by atoms with Crippen LogP contribution < -0.4 is 29.4 Å². The summed E-state index contributed by atoms with van der Waals surface area (Å²) in [6.45, 7) is 61.0. The van der Waals surface area contributed by atoms with E-state index in [0.717, 1.165) is 219 Å². The summed E-state index contributed by atoms with van der Waals surface area (Å²) in [4.78, 5) is 70.6. The number of hydrogen-bond acceptors (Lipinski definition) is 27. The lowest BCUT2D eigenvalue weighted by Gasteiger charge is -2.40. The molecule has 3 N–H and O–H groups in total. The first-order valence-electron chi connectivity index (χ1n) is 49.1. The number of morpholine rings is 3. The molecular formula is C104H173N19O9. The highest BCUT2D eigenvalue weighted by Crippen LogP contribution is 2.38. The molecule has 14 rings (SSSR count). The fourth-order valence-corrected chi connectivity index (χ4v) is 17.3. The molecule has 0 spiro atoms. The van der Waals surface area contributed by atoms with Crippen molar-refractivity contribution < 1.29 is 43.8 Å². The Labute approximate surface area is 795 Å². The SMILES string of the molecule is CC(C)c1ccc(C2CCOC2)c(N2CCN(C)CC2)n1.CC(C)c1ccc(N2CCN(C)C(=O)C2)c(CN(C)C)n1.CC(C)c1ccc(N2CCOC(C(C)(C)O)C2)c(CN(C)C)n1.CC(C)c1ccc(N2CCO[C@@H](C(C)(C)O)C2)c(CN(C)C)n1.CC(C)c1ccc(N2CCO[C@H](C(C)(C)O)C2)c(CN(C)C)n1.CC(C)c1ccc([C@@H]2CCOC2)c(N2CCN(C)CC2)n1. The lowest BCUT2D eigenvalue weighted by molar-refractivity contribution is -0.129. The molecule has 0 saturated carbocycles. The molecule has 738 valence electrons. The predicted octanol–water partition coefficient (Wildman–Crippen LogP) is 13.2. The average Bonchev–Trinajstić information content (AvgIpc) is 1.41. The number of hydrogen-bond donors (Lipinski definition) is 3. The van der Waals surface area contributed by atoms with Gasteiger partial charge in [0.15, 0.2) is 0 Å². The van der Waals surface area contributed by atoms with Gasteiger partial charge in [0.1, 0.15) is 29.9 Å². The fourth-order valence-electron chi connectivity index (χ4n) is 17.3. The van der Waals surface area contributed by atoms with Crippen LogP contribution in [0.3, 0.4) is 0 Å². The van der Waals surface area contributed by atoms with Gasteiger partial charge in [0.25, 0.3) is 0 Å². The Morgan fingerprint density at radius 1 is 0.341 bits per heavy atom. The fraction of sp³-hybridized carbons (Fsp3) is 0.702. The molecule has 6 aromatic rings. The van der Waals surface area contributed by atoms with Gasteiger partial charge in [0.05, 0.1) is 102 Å². The third-order valence-corrected chi connectivity index (χ3v) is 25.9. The molecule has 14 heterocycles. The van der Waals surface area contributed by atoms with E-state index in [2.05, 4.69) is 271 Å². The number of carbonyl (C=O) groups excluding carboxylic acids is 1. The zero-order chi connectivity index (χ0) is 96.8. The van der Waals surface area contributed by atoms with Crippen molar-refractivity contribution in [3.8, 4) is 0 Å². The third-order valence-electron chi connectivity index (χ3n) is 25.9. The van der Waals surface area contributed by atoms with E-state index in [4.69, 9.17) is 53.6 Å². The van der Waals surface area contributed by atoms with Crippen LogP contribution in [0.2, 0.25) is 0 Å². The maximum absolute atomic E-state index is 11.9. The average molecular weight is 1830 g/mol. The van der Waals surface area contributed by atoms with Crippen LogP contribution in [0.4, 0.5) is 34.4 Å². The van der Waals surface area contributed by atoms with Gasteiger partial charge >= 0.3 is 0 Å². The van der Waals surface area contributed by atoms with Crippen molar-refractivity contribution >= 4 is 40.3 Å². The van der Waals surface area contributed by atoms with E-state index in [-0.39, 0.29) is 24.2 Å². The predicted molar refractivity (Wildman–Crippen MR) is 540 cm³/mol. The van der Waals surface area contributed by atoms with Crippen LogP contribution in [-0.4, -0.2) is 356 Å². The minimum atomic E-state index is -0.842. The Balaban J connectivity index is 0.000000178. The molecule has 0 radical (unpaired) electrons. The van der Waals surface area contributed by atoms with Crippen molar-refractivity contribution in [2.45, 2.75) is 246 Å². The molecule has 8 saturated heterocycles. The second-order valence-corrected chi connectivity index (χ2v) is 42.3. The topological polar surface area (TPSA) is 243 Å². The van der Waals surface area contributed by atoms with Gasteiger partial charge in [-0.3, -0.25) is 24.7 Å². The monoisotopic (exact) mass is 1830 g/mol. The van der Waals surface area contributed by atoms with Gasteiger partial charge in [-0.1, -0.05) is 95.2 Å². The van der Waals surface area contributed by atoms with Crippen LogP contribution in [0.25, 0.3) is 0 Å². The summed E-state index contributed by atoms with van der Waals surface area (Å²) in [6, 6.07) is 26.1. The quantitative estimate of drug-likeness (QED) is 0.0482. The van der Waals surface area contributed by atoms with Crippen molar-refractivity contribution in [1.82, 2.24) is 64.2 Å². The maximum Gasteiger partial charge on any atom is 0.241 e. The largest absolute Gasteiger partial charge is 0.388 e. The summed E-state index contributed by atoms with van der Waals surface area (Å²) in [5.41, 5.74) is 16.0. The van der Waals surface area contributed by atoms with E-state index in [1.165, 1.54) is 34.2 Å². The summed E-state index contributed by atoms with van der Waals surface area (Å²) >= 11 is 0. The highest BCUT2D eigenvalue weighted by molar-refractivity contribution is 5.83. The number of rotatable bonds is 25. The number of amides is 1. The van der Waals surface area contributed by atoms with Crippen molar-refractivity contribution in [2.24, 2.45) is 0 Å². The van der Waals surface area contributed by atoms with Gasteiger partial charge in [0.2, 0.25) is 5.91 Å². The second-order valence-electron chi connectivity index (χ2n) is 42.3. The lowest BCUT2D eigenvalue weighted by Crippen LogP contribution is -2.52. The molecule has 8 fully saturated rings. The Morgan fingerprint density at radius 3 is 0.841 bits per heavy atom. The number of ether oxygens (including phenoxy) is 5. The molecule has 2 unspecified atom stereocenters. The number of aromatic nitrogens is 6. The summed E-state index contributed by atoms with van der Waals surface area (Å²) < 4.78 is 28.5. The molecule has 6 aromatic heterocycles. The standard InChI is InChI=1S/3C18H31N3O2.2C17H27N3O.C16H26N4O/c3*1-13(2)14-7-8-16(15(19-14)11-20(5)6)21-9-10-23-17(12-21)18(3,4)22;2*1-13(2)16-5-4-15(14-6-11-21-12-14)17(18-16)20-9-7-19(3)8-10-20;1-12(2)13-6-7-15(14(17-13)10-18(3)4)20-9-8-19(5)16(21)11-20/h3*7-8,13,17,22H,9-12H2,1-6H3;2*4-5,13-14H,6-12H2,1-3H3;6-7,12H,8-11H2,1-5H3/t2*17-;;14-;;/m10.1../s1. The van der Waals surface area contributed by atoms with Crippen LogP contribution in [0.5, 0.6) is 0 Å². The van der Waals surface area contributed by atoms with E-state index >= 15 is 0 Å². The van der Waals surface area contributed by atoms with Crippen molar-refractivity contribution in [3.63, 3.8) is 0 Å². The molecule has 5 atom stereocenters. The number of anilines is 6. The number of piperazine rings is 3. The third kappa shape index (κ3) is 32.1. The minimum absolute atomic E-state index is 0.171. The van der Waals surface area contributed by atoms with Crippen LogP contribution in [0.15, 0.2) is 72.8 Å². The van der Waals surface area contributed by atoms with E-state index in [1.54, 1.807) is 4.90 Å². The number of likely N-dealkylation sites (N-methyl/N-ethyl adjacent to an activating group) is 3. The van der Waals surface area contributed by atoms with Crippen LogP contribution >= 0.6 is 0 Å². The van der Waals surface area contributed by atoms with Gasteiger partial charge in [-0.15, -0.1) is 0 Å². The summed E-state index contributed by atoms with van der Waals surface area (Å²) in [5, 5.41) is 30.8. The van der Waals surface area contributed by atoms with Crippen molar-refractivity contribution in [1.29, 1.82) is 0 Å². The van der Waals surface area contributed by atoms with Crippen LogP contribution in [0.1, 0.15) is 253 Å². The molecular weight excluding hydrogens is 1660 g/mol. The molecule has 1 amide bonds. The smallest absolute Gasteiger partial charge is 0.241 e. The molecule has 8 aliphatic heterocycles. The van der Waals surface area contributed by atoms with Crippen LogP contribution in [0, 0.1) is 0 Å². The number of carbonyl (C=O) groups is 1. The molecule has 132 heavy (non-hydrogen) atoms. The molecule has 0 bridgehead atoms. The molecule has 28 heteroatoms. The van der Waals surface area contributed by atoms with Crippen molar-refractivity contribution in [3.05, 3.63) is 141 Å². The van der Waals surface area contributed by atoms with E-state index < -0.39 is 16.8 Å². The number of nitrogens with zero attached hydrogens (tertiary/aromatic N) is 19. The number of pyridine rings is 6. The lowest BCUT2D eigenvalue weighted by atomic mass is 9.97. The van der Waals surface area contributed by atoms with Crippen LogP contribution in [-0.2, 0) is 54.7 Å². The van der Waals surface area contributed by atoms with Gasteiger partial charge in [-0.2, -0.15) is 0 Å². The number of aliphatic hydroxyl groups is 3. The zero-order valence-electron chi connectivity index (χ0n) is 86.8. The first-order valence-corrected chi connectivity index (χ1v) is 49.1. The minimum Gasteiger partial charge on any atom is -0.388 e. The van der Waals surface area contributed by atoms with Gasteiger partial charge in [-0.05, 0) is 221 Å². The first kappa shape index (κ1) is 108. The Hall–Kier alpha value is -7.39. The molecule has 28 nitrogen and oxygen atoms in total. The molecule has 0 aromatic carbocycles. The second kappa shape index (κ2) is 50.1. The molecule has 0 aliphatic carbocycles. The van der Waals surface area contributed by atoms with Crippen molar-refractivity contribution in [2.75, 3.05) is 264 Å². The Kier molecular flexibility index (Phi) is 41.1. The highest BCUT2D eigenvalue weighted by Gasteiger charge is 2.38.